The van der Waals surface area contributed by atoms with Crippen LogP contribution in [0.2, 0.25) is 0 Å². The van der Waals surface area contributed by atoms with Crippen LogP contribution < -0.4 is 10.6 Å². The van der Waals surface area contributed by atoms with Crippen LogP contribution in [-0.2, 0) is 11.2 Å². The van der Waals surface area contributed by atoms with Crippen LogP contribution in [0.4, 0.5) is 0 Å². The quantitative estimate of drug-likeness (QED) is 0.886. The van der Waals surface area contributed by atoms with Crippen LogP contribution in [-0.4, -0.2) is 40.0 Å². The third kappa shape index (κ3) is 4.30. The number of hydrogen-bond donors (Lipinski definition) is 2. The molecule has 1 aliphatic heterocycles. The molecule has 1 fully saturated rings. The molecule has 0 radical (unpaired) electrons. The van der Waals surface area contributed by atoms with Gasteiger partial charge in [0.1, 0.15) is 0 Å². The van der Waals surface area contributed by atoms with Gasteiger partial charge in [0, 0.05) is 6.04 Å². The fraction of sp³-hybridized carbons (Fsp3) is 0.438. The van der Waals surface area contributed by atoms with E-state index in [1.807, 2.05) is 37.3 Å². The predicted octanol–water partition coefficient (Wildman–Crippen LogP) is 1.41. The van der Waals surface area contributed by atoms with Crippen molar-refractivity contribution in [2.45, 2.75) is 32.2 Å². The van der Waals surface area contributed by atoms with Crippen molar-refractivity contribution in [3.8, 4) is 5.69 Å². The summed E-state index contributed by atoms with van der Waals surface area (Å²) in [5.74, 6) is 0.0233. The maximum atomic E-state index is 12.2. The predicted molar refractivity (Wildman–Crippen MR) is 91.1 cm³/mol. The Morgan fingerprint density at radius 2 is 2.00 bits per heavy atom. The number of rotatable bonds is 4. The van der Waals surface area contributed by atoms with E-state index in [9.17, 15) is 4.79 Å². The minimum atomic E-state index is 0. The zero-order valence-electron chi connectivity index (χ0n) is 13.2. The fourth-order valence-corrected chi connectivity index (χ4v) is 2.74. The minimum Gasteiger partial charge on any atom is -0.353 e. The summed E-state index contributed by atoms with van der Waals surface area (Å²) >= 11 is 0. The van der Waals surface area contributed by atoms with Gasteiger partial charge in [-0.15, -0.1) is 17.5 Å². The van der Waals surface area contributed by atoms with Crippen LogP contribution in [0.1, 0.15) is 24.2 Å². The zero-order valence-corrected chi connectivity index (χ0v) is 14.0. The molecule has 2 heterocycles. The lowest BCUT2D eigenvalue weighted by molar-refractivity contribution is -0.121. The highest BCUT2D eigenvalue weighted by molar-refractivity contribution is 5.85. The van der Waals surface area contributed by atoms with Crippen molar-refractivity contribution in [2.75, 3.05) is 13.1 Å². The highest BCUT2D eigenvalue weighted by Gasteiger charge is 2.18. The van der Waals surface area contributed by atoms with E-state index in [1.165, 1.54) is 0 Å². The zero-order chi connectivity index (χ0) is 15.4. The Morgan fingerprint density at radius 3 is 2.70 bits per heavy atom. The largest absolute Gasteiger partial charge is 0.353 e. The Hall–Kier alpha value is -1.92. The molecule has 3 rings (SSSR count). The van der Waals surface area contributed by atoms with Crippen molar-refractivity contribution in [3.63, 3.8) is 0 Å². The van der Waals surface area contributed by atoms with Gasteiger partial charge < -0.3 is 10.6 Å². The molecule has 2 N–H and O–H groups in total. The molecule has 0 saturated carbocycles. The Bertz CT molecular complexity index is 637. The first-order valence-electron chi connectivity index (χ1n) is 7.71. The molecule has 1 aromatic carbocycles. The monoisotopic (exact) mass is 335 g/mol. The molecule has 0 unspecified atom stereocenters. The number of para-hydroxylation sites is 1. The van der Waals surface area contributed by atoms with Gasteiger partial charge in [-0.2, -0.15) is 0 Å². The van der Waals surface area contributed by atoms with Crippen LogP contribution in [0.15, 0.2) is 30.3 Å². The molecule has 124 valence electrons. The van der Waals surface area contributed by atoms with E-state index in [4.69, 9.17) is 0 Å². The van der Waals surface area contributed by atoms with E-state index >= 15 is 0 Å². The first-order valence-corrected chi connectivity index (χ1v) is 7.71. The van der Waals surface area contributed by atoms with Gasteiger partial charge in [-0.05, 0) is 45.0 Å². The molecule has 2 aromatic rings. The average molecular weight is 336 g/mol. The molecule has 7 heteroatoms. The summed E-state index contributed by atoms with van der Waals surface area (Å²) in [5.41, 5.74) is 2.60. The second-order valence-corrected chi connectivity index (χ2v) is 5.64. The van der Waals surface area contributed by atoms with E-state index in [0.29, 0.717) is 0 Å². The summed E-state index contributed by atoms with van der Waals surface area (Å²) in [4.78, 5) is 12.2. The van der Waals surface area contributed by atoms with Crippen molar-refractivity contribution >= 4 is 18.3 Å². The lowest BCUT2D eigenvalue weighted by Gasteiger charge is -2.23. The first-order chi connectivity index (χ1) is 10.7. The molecular formula is C16H22ClN5O. The summed E-state index contributed by atoms with van der Waals surface area (Å²) in [6.07, 6.45) is 2.26. The minimum absolute atomic E-state index is 0. The number of nitrogens with one attached hydrogen (secondary N) is 2. The summed E-state index contributed by atoms with van der Waals surface area (Å²) in [6.45, 7) is 3.88. The Balaban J connectivity index is 0.00000192. The van der Waals surface area contributed by atoms with Gasteiger partial charge in [-0.25, -0.2) is 4.68 Å². The lowest BCUT2D eigenvalue weighted by Crippen LogP contribution is -2.43. The average Bonchev–Trinajstić information content (AvgIpc) is 2.90. The van der Waals surface area contributed by atoms with E-state index in [1.54, 1.807) is 4.68 Å². The van der Waals surface area contributed by atoms with Crippen molar-refractivity contribution in [2.24, 2.45) is 0 Å². The number of piperidine rings is 1. The maximum absolute atomic E-state index is 12.2. The summed E-state index contributed by atoms with van der Waals surface area (Å²) in [6, 6.07) is 10.1. The molecule has 6 nitrogen and oxygen atoms in total. The molecule has 1 aromatic heterocycles. The standard InChI is InChI=1S/C16H21N5O.ClH/c1-12-15(11-16(22)18-13-7-9-17-10-8-13)19-20-21(12)14-5-3-2-4-6-14;/h2-6,13,17H,7-11H2,1H3,(H,18,22);1H. The van der Waals surface area contributed by atoms with Crippen LogP contribution in [0.3, 0.4) is 0 Å². The third-order valence-corrected chi connectivity index (χ3v) is 4.02. The van der Waals surface area contributed by atoms with E-state index in [0.717, 1.165) is 43.0 Å². The van der Waals surface area contributed by atoms with Crippen LogP contribution in [0.25, 0.3) is 5.69 Å². The Morgan fingerprint density at radius 1 is 1.30 bits per heavy atom. The molecule has 23 heavy (non-hydrogen) atoms. The van der Waals surface area contributed by atoms with Crippen LogP contribution in [0.5, 0.6) is 0 Å². The second kappa shape index (κ2) is 8.08. The lowest BCUT2D eigenvalue weighted by atomic mass is 10.1. The third-order valence-electron chi connectivity index (χ3n) is 4.02. The smallest absolute Gasteiger partial charge is 0.226 e. The second-order valence-electron chi connectivity index (χ2n) is 5.64. The van der Waals surface area contributed by atoms with Gasteiger partial charge in [-0.1, -0.05) is 23.4 Å². The fourth-order valence-electron chi connectivity index (χ4n) is 2.74. The number of hydrogen-bond acceptors (Lipinski definition) is 4. The van der Waals surface area contributed by atoms with E-state index < -0.39 is 0 Å². The van der Waals surface area contributed by atoms with Crippen molar-refractivity contribution in [1.29, 1.82) is 0 Å². The number of aromatic nitrogens is 3. The first kappa shape index (κ1) is 17.4. The van der Waals surface area contributed by atoms with Gasteiger partial charge in [-0.3, -0.25) is 4.79 Å². The summed E-state index contributed by atoms with van der Waals surface area (Å²) in [7, 11) is 0. The Labute approximate surface area is 142 Å². The molecule has 1 saturated heterocycles. The molecule has 0 spiro atoms. The molecule has 0 atom stereocenters. The summed E-state index contributed by atoms with van der Waals surface area (Å²) < 4.78 is 1.77. The molecule has 0 aliphatic carbocycles. The topological polar surface area (TPSA) is 71.8 Å². The number of nitrogens with zero attached hydrogens (tertiary/aromatic N) is 3. The summed E-state index contributed by atoms with van der Waals surface area (Å²) in [5, 5.41) is 14.7. The van der Waals surface area contributed by atoms with E-state index in [2.05, 4.69) is 20.9 Å². The molecule has 1 aliphatic rings. The van der Waals surface area contributed by atoms with Crippen molar-refractivity contribution < 1.29 is 4.79 Å². The van der Waals surface area contributed by atoms with Gasteiger partial charge in [0.05, 0.1) is 23.5 Å². The number of benzene rings is 1. The molecule has 1 amide bonds. The highest BCUT2D eigenvalue weighted by atomic mass is 35.5. The van der Waals surface area contributed by atoms with Crippen LogP contribution in [0, 0.1) is 6.92 Å². The van der Waals surface area contributed by atoms with Gasteiger partial charge in [0.25, 0.3) is 0 Å². The number of carbonyl (C=O) groups is 1. The molecular weight excluding hydrogens is 314 g/mol. The van der Waals surface area contributed by atoms with Gasteiger partial charge >= 0.3 is 0 Å². The Kier molecular flexibility index (Phi) is 6.12. The number of amides is 1. The SMILES string of the molecule is Cc1c(CC(=O)NC2CCNCC2)nnn1-c1ccccc1.Cl. The van der Waals surface area contributed by atoms with Crippen molar-refractivity contribution in [1.82, 2.24) is 25.6 Å². The normalized spacial score (nSPS) is 15.0. The molecule has 0 bridgehead atoms. The van der Waals surface area contributed by atoms with Gasteiger partial charge in [0.2, 0.25) is 5.91 Å². The van der Waals surface area contributed by atoms with Gasteiger partial charge in [0.15, 0.2) is 0 Å². The maximum Gasteiger partial charge on any atom is 0.226 e. The highest BCUT2D eigenvalue weighted by Crippen LogP contribution is 2.12. The van der Waals surface area contributed by atoms with E-state index in [-0.39, 0.29) is 30.8 Å². The number of carbonyl (C=O) groups excluding carboxylic acids is 1. The van der Waals surface area contributed by atoms with Crippen molar-refractivity contribution in [3.05, 3.63) is 41.7 Å². The number of halogens is 1. The van der Waals surface area contributed by atoms with Crippen LogP contribution >= 0.6 is 12.4 Å².